The summed E-state index contributed by atoms with van der Waals surface area (Å²) in [6, 6.07) is 48.5. The molecule has 1 aliphatic carbocycles. The lowest BCUT2D eigenvalue weighted by Crippen LogP contribution is -2.52. The number of aromatic nitrogens is 2. The maximum Gasteiger partial charge on any atom is 0.124 e. The quantitative estimate of drug-likeness (QED) is 0.179. The molecule has 6 nitrogen and oxygen atoms in total. The maximum atomic E-state index is 5.11. The Kier molecular flexibility index (Phi) is 7.05. The van der Waals surface area contributed by atoms with E-state index < -0.39 is 0 Å². The van der Waals surface area contributed by atoms with Crippen LogP contribution in [0.3, 0.4) is 0 Å². The molecule has 0 fully saturated rings. The van der Waals surface area contributed by atoms with Gasteiger partial charge in [-0.1, -0.05) is 60.7 Å². The highest BCUT2D eigenvalue weighted by molar-refractivity contribution is 7.23. The van der Waals surface area contributed by atoms with Crippen molar-refractivity contribution in [2.45, 2.75) is 12.1 Å². The van der Waals surface area contributed by atoms with Crippen molar-refractivity contribution in [1.29, 1.82) is 0 Å². The van der Waals surface area contributed by atoms with Crippen molar-refractivity contribution in [3.05, 3.63) is 158 Å². The Morgan fingerprint density at radius 3 is 1.54 bits per heavy atom. The largest absolute Gasteiger partial charge is 0.364 e. The number of thiazole rings is 2. The molecule has 0 amide bonds. The van der Waals surface area contributed by atoms with Crippen LogP contribution in [0.15, 0.2) is 158 Å². The smallest absolute Gasteiger partial charge is 0.124 e. The van der Waals surface area contributed by atoms with Crippen molar-refractivity contribution in [2.24, 2.45) is 0 Å². The van der Waals surface area contributed by atoms with Gasteiger partial charge in [0.1, 0.15) is 10.0 Å². The molecule has 54 heavy (non-hydrogen) atoms. The van der Waals surface area contributed by atoms with Crippen molar-refractivity contribution >= 4 is 88.6 Å². The minimum atomic E-state index is 0.221. The van der Waals surface area contributed by atoms with E-state index in [-0.39, 0.29) is 12.1 Å². The minimum absolute atomic E-state index is 0.221. The molecule has 2 unspecified atom stereocenters. The zero-order valence-electron chi connectivity index (χ0n) is 29.7. The van der Waals surface area contributed by atoms with Crippen LogP contribution in [0.4, 0.5) is 45.5 Å². The summed E-state index contributed by atoms with van der Waals surface area (Å²) in [4.78, 5) is 19.7. The topological polar surface area (TPSA) is 38.7 Å². The minimum Gasteiger partial charge on any atom is -0.364 e. The van der Waals surface area contributed by atoms with E-state index in [1.54, 1.807) is 22.7 Å². The molecule has 6 aromatic carbocycles. The van der Waals surface area contributed by atoms with E-state index in [2.05, 4.69) is 191 Å². The Morgan fingerprint density at radius 2 is 0.963 bits per heavy atom. The van der Waals surface area contributed by atoms with Crippen molar-refractivity contribution in [2.75, 3.05) is 33.7 Å². The fourth-order valence-electron chi connectivity index (χ4n) is 8.31. The van der Waals surface area contributed by atoms with Gasteiger partial charge >= 0.3 is 0 Å². The first-order valence-electron chi connectivity index (χ1n) is 18.2. The number of hydrogen-bond donors (Lipinski definition) is 0. The molecule has 0 saturated carbocycles. The molecule has 0 bridgehead atoms. The average Bonchev–Trinajstić information content (AvgIpc) is 3.84. The third-order valence-electron chi connectivity index (χ3n) is 11.0. The highest BCUT2D eigenvalue weighted by atomic mass is 32.1. The van der Waals surface area contributed by atoms with Gasteiger partial charge in [-0.05, 0) is 97.1 Å². The average molecular weight is 735 g/mol. The third-order valence-corrected chi connectivity index (χ3v) is 13.1. The van der Waals surface area contributed by atoms with Gasteiger partial charge in [0.05, 0.1) is 66.6 Å². The van der Waals surface area contributed by atoms with Crippen LogP contribution in [0.2, 0.25) is 0 Å². The molecule has 3 aliphatic rings. The van der Waals surface area contributed by atoms with E-state index in [0.717, 1.165) is 37.9 Å². The summed E-state index contributed by atoms with van der Waals surface area (Å²) in [5.74, 6) is 0. The number of fused-ring (bicyclic) bond motifs is 6. The molecule has 8 heteroatoms. The molecular weight excluding hydrogens is 701 g/mol. The number of likely N-dealkylation sites (N-methyl/N-ethyl adjacent to an activating group) is 1. The summed E-state index contributed by atoms with van der Waals surface area (Å²) >= 11 is 3.48. The van der Waals surface area contributed by atoms with Crippen molar-refractivity contribution in [1.82, 2.24) is 9.97 Å². The fourth-order valence-corrected chi connectivity index (χ4v) is 10.4. The zero-order valence-corrected chi connectivity index (χ0v) is 31.3. The number of hydrogen-bond acceptors (Lipinski definition) is 8. The molecule has 0 radical (unpaired) electrons. The molecule has 0 spiro atoms. The molecule has 2 atom stereocenters. The van der Waals surface area contributed by atoms with E-state index in [0.29, 0.717) is 0 Å². The van der Waals surface area contributed by atoms with Crippen LogP contribution in [-0.4, -0.2) is 36.1 Å². The number of benzene rings is 6. The van der Waals surface area contributed by atoms with Crippen molar-refractivity contribution in [3.63, 3.8) is 0 Å². The van der Waals surface area contributed by atoms with E-state index in [1.165, 1.54) is 49.2 Å². The van der Waals surface area contributed by atoms with Crippen LogP contribution in [0.5, 0.6) is 0 Å². The van der Waals surface area contributed by atoms with Gasteiger partial charge < -0.3 is 19.6 Å². The Bertz CT molecular complexity index is 2700. The number of nitrogens with zero attached hydrogens (tertiary/aromatic N) is 6. The van der Waals surface area contributed by atoms with E-state index >= 15 is 0 Å². The Morgan fingerprint density at radius 1 is 0.481 bits per heavy atom. The summed E-state index contributed by atoms with van der Waals surface area (Å²) in [5, 5.41) is 2.04. The van der Waals surface area contributed by atoms with Gasteiger partial charge in [0.25, 0.3) is 0 Å². The first-order valence-corrected chi connectivity index (χ1v) is 19.8. The molecule has 2 aromatic heterocycles. The SMILES string of the molecule is CN1c2ccccc2N(c2ccc(-c3nc4cc5nc(-c6ccc(N7c8ccccc8N(C)C8C=CC=CC87)cc6)sc5cc4s3)cc2)c2ccccc21. The highest BCUT2D eigenvalue weighted by Crippen LogP contribution is 2.51. The first kappa shape index (κ1) is 31.3. The summed E-state index contributed by atoms with van der Waals surface area (Å²) < 4.78 is 2.35. The lowest BCUT2D eigenvalue weighted by Gasteiger charge is -2.47. The Labute approximate surface area is 321 Å². The molecule has 0 N–H and O–H groups in total. The molecule has 260 valence electrons. The number of rotatable bonds is 4. The Balaban J connectivity index is 0.879. The van der Waals surface area contributed by atoms with Gasteiger partial charge in [-0.15, -0.1) is 22.7 Å². The van der Waals surface area contributed by atoms with Gasteiger partial charge in [0.2, 0.25) is 0 Å². The third kappa shape index (κ3) is 4.84. The van der Waals surface area contributed by atoms with Crippen LogP contribution < -0.4 is 19.6 Å². The van der Waals surface area contributed by atoms with E-state index in [9.17, 15) is 0 Å². The molecule has 11 rings (SSSR count). The van der Waals surface area contributed by atoms with Crippen LogP contribution in [0.1, 0.15) is 0 Å². The van der Waals surface area contributed by atoms with Crippen LogP contribution in [0, 0.1) is 0 Å². The summed E-state index contributed by atoms with van der Waals surface area (Å²) in [6.07, 6.45) is 8.94. The summed E-state index contributed by atoms with van der Waals surface area (Å²) in [5.41, 5.74) is 13.7. The predicted octanol–water partition coefficient (Wildman–Crippen LogP) is 12.2. The van der Waals surface area contributed by atoms with Gasteiger partial charge in [-0.2, -0.15) is 0 Å². The van der Waals surface area contributed by atoms with Crippen LogP contribution in [0.25, 0.3) is 41.6 Å². The number of allylic oxidation sites excluding steroid dienone is 2. The van der Waals surface area contributed by atoms with Gasteiger partial charge in [-0.3, -0.25) is 0 Å². The summed E-state index contributed by atoms with van der Waals surface area (Å²) in [7, 11) is 4.33. The highest BCUT2D eigenvalue weighted by Gasteiger charge is 2.36. The van der Waals surface area contributed by atoms with E-state index in [4.69, 9.17) is 9.97 Å². The van der Waals surface area contributed by atoms with Gasteiger partial charge in [0, 0.05) is 36.6 Å². The summed E-state index contributed by atoms with van der Waals surface area (Å²) in [6.45, 7) is 0. The number of anilines is 8. The molecule has 8 aromatic rings. The predicted molar refractivity (Wildman–Crippen MR) is 229 cm³/mol. The van der Waals surface area contributed by atoms with Gasteiger partial charge in [0.15, 0.2) is 0 Å². The normalized spacial score (nSPS) is 17.1. The molecule has 2 aliphatic heterocycles. The number of para-hydroxylation sites is 6. The second-order valence-electron chi connectivity index (χ2n) is 14.0. The standard InChI is InChI=1S/C46H34N6S2/c1-49-35-11-3-7-15-39(35)51(40-16-8-4-12-36(40)49)31-23-19-29(20-24-31)45-47-33-27-34-44(28-43(33)53-45)54-46(48-34)30-21-25-32(26-22-30)52-41-17-9-5-13-37(41)50(2)38-14-6-10-18-42(38)52/h3-28,35,39H,1-2H3. The Hall–Kier alpha value is -6.22. The maximum absolute atomic E-state index is 5.11. The van der Waals surface area contributed by atoms with Crippen LogP contribution >= 0.6 is 22.7 Å². The van der Waals surface area contributed by atoms with E-state index in [1.807, 2.05) is 0 Å². The fraction of sp³-hybridized carbons (Fsp3) is 0.0870. The lowest BCUT2D eigenvalue weighted by molar-refractivity contribution is 0.620. The van der Waals surface area contributed by atoms with Crippen molar-refractivity contribution < 1.29 is 0 Å². The lowest BCUT2D eigenvalue weighted by atomic mass is 9.94. The molecule has 0 saturated heterocycles. The second kappa shape index (κ2) is 12.2. The second-order valence-corrected chi connectivity index (χ2v) is 16.1. The van der Waals surface area contributed by atoms with Crippen LogP contribution in [-0.2, 0) is 0 Å². The monoisotopic (exact) mass is 734 g/mol. The zero-order chi connectivity index (χ0) is 35.9. The molecule has 4 heterocycles. The van der Waals surface area contributed by atoms with Gasteiger partial charge in [-0.25, -0.2) is 9.97 Å². The van der Waals surface area contributed by atoms with Crippen molar-refractivity contribution in [3.8, 4) is 21.1 Å². The first-order chi connectivity index (χ1) is 26.6. The molecular formula is C46H34N6S2.